The van der Waals surface area contributed by atoms with E-state index >= 15 is 0 Å². The second-order valence-electron chi connectivity index (χ2n) is 7.39. The molecule has 0 aromatic rings. The molecule has 0 aromatic carbocycles. The maximum absolute atomic E-state index is 2.47. The van der Waals surface area contributed by atoms with Crippen LogP contribution in [0.4, 0.5) is 0 Å². The van der Waals surface area contributed by atoms with Gasteiger partial charge in [0.25, 0.3) is 0 Å². The van der Waals surface area contributed by atoms with Gasteiger partial charge in [-0.15, -0.1) is 0 Å². The van der Waals surface area contributed by atoms with E-state index in [0.29, 0.717) is 29.1 Å². The van der Waals surface area contributed by atoms with Crippen LogP contribution in [0.2, 0.25) is 0 Å². The molecule has 1 saturated carbocycles. The van der Waals surface area contributed by atoms with Gasteiger partial charge in [-0.3, -0.25) is 0 Å². The quantitative estimate of drug-likeness (QED) is 0.616. The van der Waals surface area contributed by atoms with Gasteiger partial charge in [-0.1, -0.05) is 76.3 Å². The molecule has 4 atom stereocenters. The van der Waals surface area contributed by atoms with Gasteiger partial charge in [-0.25, -0.2) is 0 Å². The van der Waals surface area contributed by atoms with Crippen molar-refractivity contribution in [3.63, 3.8) is 0 Å². The third-order valence-electron chi connectivity index (χ3n) is 5.73. The van der Waals surface area contributed by atoms with Crippen LogP contribution in [0.25, 0.3) is 0 Å². The predicted molar refractivity (Wildman–Crippen MR) is 82.6 cm³/mol. The van der Waals surface area contributed by atoms with E-state index in [0.717, 1.165) is 11.8 Å². The first-order valence-corrected chi connectivity index (χ1v) is 7.73. The molecule has 0 saturated heterocycles. The monoisotopic (exact) mass is 254 g/mol. The molecule has 0 nitrogen and oxygen atoms in total. The van der Waals surface area contributed by atoms with E-state index in [1.165, 1.54) is 0 Å². The zero-order chi connectivity index (χ0) is 13.6. The standard InChI is InChI=1S/C19H26/c1-13(2)18-14-9-5-7-11-16(14)19(3,4)17-12-8-6-10-15(17)18/h5-18H,1-4H3. The van der Waals surface area contributed by atoms with Crippen LogP contribution in [0.5, 0.6) is 0 Å². The van der Waals surface area contributed by atoms with Crippen LogP contribution in [0, 0.1) is 40.9 Å². The third kappa shape index (κ3) is 1.88. The minimum Gasteiger partial charge on any atom is -0.0805 e. The van der Waals surface area contributed by atoms with Crippen LogP contribution < -0.4 is 0 Å². The molecule has 0 radical (unpaired) electrons. The first-order chi connectivity index (χ1) is 9.03. The van der Waals surface area contributed by atoms with Crippen LogP contribution >= 0.6 is 0 Å². The smallest absolute Gasteiger partial charge is 0.0107 e. The molecule has 4 unspecified atom stereocenters. The Bertz CT molecular complexity index is 420. The Morgan fingerprint density at radius 1 is 0.737 bits per heavy atom. The second kappa shape index (κ2) is 4.51. The summed E-state index contributed by atoms with van der Waals surface area (Å²) in [7, 11) is 0. The van der Waals surface area contributed by atoms with Crippen molar-refractivity contribution in [3.05, 3.63) is 48.6 Å². The molecule has 0 spiro atoms. The van der Waals surface area contributed by atoms with Crippen LogP contribution in [-0.2, 0) is 0 Å². The molecule has 0 heterocycles. The summed E-state index contributed by atoms with van der Waals surface area (Å²) < 4.78 is 0. The molecule has 19 heavy (non-hydrogen) atoms. The summed E-state index contributed by atoms with van der Waals surface area (Å²) in [5, 5.41) is 0. The van der Waals surface area contributed by atoms with Gasteiger partial charge in [-0.2, -0.15) is 0 Å². The summed E-state index contributed by atoms with van der Waals surface area (Å²) in [6, 6.07) is 0. The highest BCUT2D eigenvalue weighted by atomic mass is 14.6. The largest absolute Gasteiger partial charge is 0.0805 e. The summed E-state index contributed by atoms with van der Waals surface area (Å²) in [6.45, 7) is 9.72. The molecule has 3 rings (SSSR count). The summed E-state index contributed by atoms with van der Waals surface area (Å²) in [4.78, 5) is 0. The van der Waals surface area contributed by atoms with Crippen molar-refractivity contribution in [2.45, 2.75) is 27.7 Å². The van der Waals surface area contributed by atoms with Crippen LogP contribution in [0.3, 0.4) is 0 Å². The molecule has 3 aliphatic rings. The lowest BCUT2D eigenvalue weighted by Crippen LogP contribution is -2.51. The van der Waals surface area contributed by atoms with Crippen molar-refractivity contribution in [1.82, 2.24) is 0 Å². The molecule has 0 aliphatic heterocycles. The fourth-order valence-electron chi connectivity index (χ4n) is 4.84. The van der Waals surface area contributed by atoms with Crippen molar-refractivity contribution in [1.29, 1.82) is 0 Å². The first-order valence-electron chi connectivity index (χ1n) is 7.73. The molecule has 102 valence electrons. The number of fused-ring (bicyclic) bond motifs is 2. The van der Waals surface area contributed by atoms with Crippen molar-refractivity contribution in [2.75, 3.05) is 0 Å². The highest BCUT2D eigenvalue weighted by Gasteiger charge is 2.52. The molecule has 0 amide bonds. The third-order valence-corrected chi connectivity index (χ3v) is 5.73. The second-order valence-corrected chi connectivity index (χ2v) is 7.39. The zero-order valence-electron chi connectivity index (χ0n) is 12.6. The van der Waals surface area contributed by atoms with Gasteiger partial charge >= 0.3 is 0 Å². The Morgan fingerprint density at radius 3 is 1.58 bits per heavy atom. The Hall–Kier alpha value is -1.04. The fourth-order valence-corrected chi connectivity index (χ4v) is 4.84. The summed E-state index contributed by atoms with van der Waals surface area (Å²) >= 11 is 0. The van der Waals surface area contributed by atoms with Gasteiger partial charge in [0.15, 0.2) is 0 Å². The Labute approximate surface area is 118 Å². The van der Waals surface area contributed by atoms with E-state index in [1.54, 1.807) is 0 Å². The van der Waals surface area contributed by atoms with Crippen molar-refractivity contribution in [3.8, 4) is 0 Å². The highest BCUT2D eigenvalue weighted by Crippen LogP contribution is 2.58. The molecular formula is C19H26. The summed E-state index contributed by atoms with van der Waals surface area (Å²) in [5.41, 5.74) is 0.350. The van der Waals surface area contributed by atoms with E-state index in [1.807, 2.05) is 0 Å². The maximum atomic E-state index is 2.47. The molecule has 3 aliphatic carbocycles. The molecule has 0 aromatic heterocycles. The first kappa shape index (κ1) is 13.0. The Morgan fingerprint density at radius 2 is 1.16 bits per heavy atom. The normalized spacial score (nSPS) is 42.3. The lowest BCUT2D eigenvalue weighted by atomic mass is 9.48. The molecule has 0 heteroatoms. The Balaban J connectivity index is 2.07. The Kier molecular flexibility index (Phi) is 3.08. The molecule has 0 bridgehead atoms. The minimum atomic E-state index is 0.350. The van der Waals surface area contributed by atoms with Gasteiger partial charge in [0, 0.05) is 0 Å². The summed E-state index contributed by atoms with van der Waals surface area (Å²) in [5.74, 6) is 4.29. The minimum absolute atomic E-state index is 0.350. The van der Waals surface area contributed by atoms with Gasteiger partial charge in [0.1, 0.15) is 0 Å². The lowest BCUT2D eigenvalue weighted by molar-refractivity contribution is -0.0141. The van der Waals surface area contributed by atoms with Gasteiger partial charge in [0.05, 0.1) is 0 Å². The van der Waals surface area contributed by atoms with Crippen LogP contribution in [-0.4, -0.2) is 0 Å². The number of allylic oxidation sites excluding steroid dienone is 8. The molecular weight excluding hydrogens is 228 g/mol. The highest BCUT2D eigenvalue weighted by molar-refractivity contribution is 5.27. The van der Waals surface area contributed by atoms with Crippen LogP contribution in [0.1, 0.15) is 27.7 Å². The topological polar surface area (TPSA) is 0 Å². The van der Waals surface area contributed by atoms with Gasteiger partial charge in [0.2, 0.25) is 0 Å². The van der Waals surface area contributed by atoms with Crippen molar-refractivity contribution < 1.29 is 0 Å². The average Bonchev–Trinajstić information content (AvgIpc) is 2.39. The lowest BCUT2D eigenvalue weighted by Gasteiger charge is -2.56. The van der Waals surface area contributed by atoms with E-state index in [4.69, 9.17) is 0 Å². The maximum Gasteiger partial charge on any atom is -0.0107 e. The van der Waals surface area contributed by atoms with Gasteiger partial charge in [-0.05, 0) is 40.9 Å². The van der Waals surface area contributed by atoms with Gasteiger partial charge < -0.3 is 0 Å². The van der Waals surface area contributed by atoms with E-state index < -0.39 is 0 Å². The number of hydrogen-bond acceptors (Lipinski definition) is 0. The number of rotatable bonds is 1. The van der Waals surface area contributed by atoms with Crippen molar-refractivity contribution in [2.24, 2.45) is 40.9 Å². The SMILES string of the molecule is CC(C)C1C2C=CC=CC2C(C)(C)C2C=CC=CC12. The molecule has 1 fully saturated rings. The van der Waals surface area contributed by atoms with E-state index in [2.05, 4.69) is 76.3 Å². The van der Waals surface area contributed by atoms with E-state index in [9.17, 15) is 0 Å². The van der Waals surface area contributed by atoms with E-state index in [-0.39, 0.29) is 0 Å². The zero-order valence-corrected chi connectivity index (χ0v) is 12.6. The average molecular weight is 254 g/mol. The predicted octanol–water partition coefficient (Wildman–Crippen LogP) is 5.02. The van der Waals surface area contributed by atoms with Crippen molar-refractivity contribution >= 4 is 0 Å². The number of hydrogen-bond donors (Lipinski definition) is 0. The molecule has 0 N–H and O–H groups in total. The van der Waals surface area contributed by atoms with Crippen LogP contribution in [0.15, 0.2) is 48.6 Å². The fraction of sp³-hybridized carbons (Fsp3) is 0.579. The summed E-state index contributed by atoms with van der Waals surface area (Å²) in [6.07, 6.45) is 18.9.